The van der Waals surface area contributed by atoms with Gasteiger partial charge in [-0.2, -0.15) is 0 Å². The van der Waals surface area contributed by atoms with Crippen molar-refractivity contribution in [1.82, 2.24) is 9.80 Å². The van der Waals surface area contributed by atoms with Crippen LogP contribution in [0.3, 0.4) is 0 Å². The molecule has 132 valence electrons. The van der Waals surface area contributed by atoms with Crippen LogP contribution in [0.1, 0.15) is 37.3 Å². The average molecular weight is 331 g/mol. The summed E-state index contributed by atoms with van der Waals surface area (Å²) >= 11 is 0. The van der Waals surface area contributed by atoms with Crippen molar-refractivity contribution in [3.63, 3.8) is 0 Å². The number of β-amino-alcohol motifs (C(OH)–C–C–N with tert-alkyl or cyclic N) is 1. The summed E-state index contributed by atoms with van der Waals surface area (Å²) in [6, 6.07) is 9.04. The second-order valence-corrected chi connectivity index (χ2v) is 7.24. The second kappa shape index (κ2) is 7.53. The standard InChI is InChI=1S/C19H29N3O2/c1-20(2)16-7-3-6-15(12-16)18-8-4-10-21(18)13-17(23)14-22-11-5-9-19(22)24/h3,6-7,12,17-18,23H,4-5,8-11,13-14H2,1-2H3/t17-,18+/m1/s1. The second-order valence-electron chi connectivity index (χ2n) is 7.24. The number of carbonyl (C=O) groups excluding carboxylic acids is 1. The molecule has 1 aromatic carbocycles. The van der Waals surface area contributed by atoms with Crippen LogP contribution in [0.25, 0.3) is 0 Å². The molecule has 0 saturated carbocycles. The molecule has 2 heterocycles. The Balaban J connectivity index is 1.62. The van der Waals surface area contributed by atoms with Crippen molar-refractivity contribution < 1.29 is 9.90 Å². The first-order valence-corrected chi connectivity index (χ1v) is 9.02. The van der Waals surface area contributed by atoms with Gasteiger partial charge in [0.2, 0.25) is 5.91 Å². The molecule has 1 amide bonds. The predicted molar refractivity (Wildman–Crippen MR) is 96.1 cm³/mol. The highest BCUT2D eigenvalue weighted by atomic mass is 16.3. The molecule has 0 spiro atoms. The number of benzene rings is 1. The van der Waals surface area contributed by atoms with Crippen molar-refractivity contribution >= 4 is 11.6 Å². The van der Waals surface area contributed by atoms with Gasteiger partial charge in [0, 0.05) is 51.9 Å². The highest BCUT2D eigenvalue weighted by Crippen LogP contribution is 2.33. The summed E-state index contributed by atoms with van der Waals surface area (Å²) in [4.78, 5) is 18.0. The topological polar surface area (TPSA) is 47.0 Å². The van der Waals surface area contributed by atoms with Crippen LogP contribution in [-0.2, 0) is 4.79 Å². The lowest BCUT2D eigenvalue weighted by Gasteiger charge is -2.29. The maximum atomic E-state index is 11.7. The zero-order valence-electron chi connectivity index (χ0n) is 14.8. The molecule has 0 radical (unpaired) electrons. The van der Waals surface area contributed by atoms with Crippen LogP contribution in [0.5, 0.6) is 0 Å². The van der Waals surface area contributed by atoms with Gasteiger partial charge in [0.25, 0.3) is 0 Å². The number of carbonyl (C=O) groups is 1. The van der Waals surface area contributed by atoms with Crippen LogP contribution in [0.15, 0.2) is 24.3 Å². The first-order chi connectivity index (χ1) is 11.5. The first-order valence-electron chi connectivity index (χ1n) is 9.02. The molecule has 5 nitrogen and oxygen atoms in total. The summed E-state index contributed by atoms with van der Waals surface area (Å²) in [6.45, 7) is 2.92. The Labute approximate surface area is 144 Å². The number of likely N-dealkylation sites (tertiary alicyclic amines) is 2. The van der Waals surface area contributed by atoms with Crippen LogP contribution in [0, 0.1) is 0 Å². The summed E-state index contributed by atoms with van der Waals surface area (Å²) < 4.78 is 0. The van der Waals surface area contributed by atoms with Gasteiger partial charge < -0.3 is 14.9 Å². The fraction of sp³-hybridized carbons (Fsp3) is 0.632. The average Bonchev–Trinajstić information content (AvgIpc) is 3.17. The number of hydrogen-bond donors (Lipinski definition) is 1. The van der Waals surface area contributed by atoms with E-state index in [4.69, 9.17) is 0 Å². The highest BCUT2D eigenvalue weighted by Gasteiger charge is 2.29. The van der Waals surface area contributed by atoms with Crippen molar-refractivity contribution in [2.75, 3.05) is 45.2 Å². The van der Waals surface area contributed by atoms with Crippen molar-refractivity contribution in [3.05, 3.63) is 29.8 Å². The van der Waals surface area contributed by atoms with E-state index in [1.54, 1.807) is 0 Å². The van der Waals surface area contributed by atoms with Crippen LogP contribution in [0.2, 0.25) is 0 Å². The van der Waals surface area contributed by atoms with E-state index >= 15 is 0 Å². The van der Waals surface area contributed by atoms with E-state index in [9.17, 15) is 9.90 Å². The third-order valence-corrected chi connectivity index (χ3v) is 5.18. The maximum absolute atomic E-state index is 11.7. The minimum Gasteiger partial charge on any atom is -0.390 e. The fourth-order valence-corrected chi connectivity index (χ4v) is 3.91. The first kappa shape index (κ1) is 17.2. The predicted octanol–water partition coefficient (Wildman–Crippen LogP) is 1.87. The van der Waals surface area contributed by atoms with Gasteiger partial charge in [0.1, 0.15) is 0 Å². The van der Waals surface area contributed by atoms with Gasteiger partial charge in [-0.15, -0.1) is 0 Å². The molecule has 2 atom stereocenters. The Kier molecular flexibility index (Phi) is 5.41. The number of nitrogens with zero attached hydrogens (tertiary/aromatic N) is 3. The van der Waals surface area contributed by atoms with Gasteiger partial charge in [-0.25, -0.2) is 0 Å². The van der Waals surface area contributed by atoms with E-state index in [0.29, 0.717) is 25.6 Å². The van der Waals surface area contributed by atoms with Crippen LogP contribution in [-0.4, -0.2) is 67.2 Å². The Morgan fingerprint density at radius 3 is 2.79 bits per heavy atom. The molecule has 2 aliphatic heterocycles. The van der Waals surface area contributed by atoms with Crippen LogP contribution >= 0.6 is 0 Å². The van der Waals surface area contributed by atoms with Crippen molar-refractivity contribution in [2.45, 2.75) is 37.8 Å². The SMILES string of the molecule is CN(C)c1cccc([C@@H]2CCCN2C[C@@H](O)CN2CCCC2=O)c1. The van der Waals surface area contributed by atoms with E-state index in [-0.39, 0.29) is 5.91 Å². The van der Waals surface area contributed by atoms with E-state index in [2.05, 4.69) is 48.2 Å². The Bertz CT molecular complexity index is 575. The zero-order chi connectivity index (χ0) is 17.1. The number of rotatable bonds is 6. The molecule has 0 aliphatic carbocycles. The third-order valence-electron chi connectivity index (χ3n) is 5.18. The van der Waals surface area contributed by atoms with Gasteiger partial charge in [0.15, 0.2) is 0 Å². The summed E-state index contributed by atoms with van der Waals surface area (Å²) in [5.41, 5.74) is 2.53. The molecule has 0 unspecified atom stereocenters. The summed E-state index contributed by atoms with van der Waals surface area (Å²) in [7, 11) is 4.12. The monoisotopic (exact) mass is 331 g/mol. The molecule has 1 N–H and O–H groups in total. The number of hydrogen-bond acceptors (Lipinski definition) is 4. The maximum Gasteiger partial charge on any atom is 0.222 e. The lowest BCUT2D eigenvalue weighted by atomic mass is 10.0. The third kappa shape index (κ3) is 3.90. The number of amides is 1. The number of anilines is 1. The molecule has 5 heteroatoms. The van der Waals surface area contributed by atoms with E-state index in [1.165, 1.54) is 11.3 Å². The van der Waals surface area contributed by atoms with E-state index < -0.39 is 6.10 Å². The minimum atomic E-state index is -0.468. The molecular weight excluding hydrogens is 302 g/mol. The molecular formula is C19H29N3O2. The van der Waals surface area contributed by atoms with E-state index in [0.717, 1.165) is 32.4 Å². The number of aliphatic hydroxyl groups excluding tert-OH is 1. The summed E-state index contributed by atoms with van der Waals surface area (Å²) in [5, 5.41) is 10.5. The Morgan fingerprint density at radius 1 is 1.25 bits per heavy atom. The van der Waals surface area contributed by atoms with Crippen LogP contribution < -0.4 is 4.90 Å². The molecule has 0 aromatic heterocycles. The van der Waals surface area contributed by atoms with Crippen molar-refractivity contribution in [1.29, 1.82) is 0 Å². The van der Waals surface area contributed by atoms with Gasteiger partial charge >= 0.3 is 0 Å². The Hall–Kier alpha value is -1.59. The molecule has 0 bridgehead atoms. The minimum absolute atomic E-state index is 0.186. The van der Waals surface area contributed by atoms with Gasteiger partial charge in [-0.1, -0.05) is 12.1 Å². The summed E-state index contributed by atoms with van der Waals surface area (Å²) in [6.07, 6.45) is 3.38. The highest BCUT2D eigenvalue weighted by molar-refractivity contribution is 5.78. The lowest BCUT2D eigenvalue weighted by Crippen LogP contribution is -2.40. The van der Waals surface area contributed by atoms with Gasteiger partial charge in [-0.05, 0) is 43.5 Å². The van der Waals surface area contributed by atoms with Gasteiger partial charge in [-0.3, -0.25) is 9.69 Å². The van der Waals surface area contributed by atoms with E-state index in [1.807, 2.05) is 4.90 Å². The van der Waals surface area contributed by atoms with Crippen molar-refractivity contribution in [2.24, 2.45) is 0 Å². The Morgan fingerprint density at radius 2 is 2.08 bits per heavy atom. The zero-order valence-corrected chi connectivity index (χ0v) is 14.8. The molecule has 1 aromatic rings. The number of aliphatic hydroxyl groups is 1. The molecule has 3 rings (SSSR count). The van der Waals surface area contributed by atoms with Gasteiger partial charge in [0.05, 0.1) is 6.10 Å². The van der Waals surface area contributed by atoms with Crippen molar-refractivity contribution in [3.8, 4) is 0 Å². The fourth-order valence-electron chi connectivity index (χ4n) is 3.91. The molecule has 24 heavy (non-hydrogen) atoms. The van der Waals surface area contributed by atoms with Crippen LogP contribution in [0.4, 0.5) is 5.69 Å². The lowest BCUT2D eigenvalue weighted by molar-refractivity contribution is -0.129. The molecule has 2 aliphatic rings. The summed E-state index contributed by atoms with van der Waals surface area (Å²) in [5.74, 6) is 0.186. The smallest absolute Gasteiger partial charge is 0.222 e. The normalized spacial score (nSPS) is 23.0. The molecule has 2 fully saturated rings. The quantitative estimate of drug-likeness (QED) is 0.864. The largest absolute Gasteiger partial charge is 0.390 e. The molecule has 2 saturated heterocycles.